The van der Waals surface area contributed by atoms with Crippen LogP contribution in [0.2, 0.25) is 0 Å². The fourth-order valence-corrected chi connectivity index (χ4v) is 5.48. The lowest BCUT2D eigenvalue weighted by Crippen LogP contribution is -2.22. The molecule has 3 rings (SSSR count). The maximum atomic E-state index is 12.6. The predicted octanol–water partition coefficient (Wildman–Crippen LogP) is 2.67. The standard InChI is InChI=1S/C22H28N4O5S2/c1-5-26-19-12-11-16(33(30,31)25(3)4)15-18(19)23-21(26)13-14-22(27)24-17-9-7-8-10-20(17)32(28,29)6-2/h7-12,15H,5-6,13-14H2,1-4H3,(H,24,27). The maximum absolute atomic E-state index is 12.6. The normalized spacial score (nSPS) is 12.4. The van der Waals surface area contributed by atoms with Crippen molar-refractivity contribution < 1.29 is 21.6 Å². The van der Waals surface area contributed by atoms with Gasteiger partial charge in [0, 0.05) is 33.5 Å². The van der Waals surface area contributed by atoms with Crippen LogP contribution in [0.1, 0.15) is 26.1 Å². The van der Waals surface area contributed by atoms with E-state index in [0.29, 0.717) is 24.3 Å². The number of para-hydroxylation sites is 1. The number of carbonyl (C=O) groups excluding carboxylic acids is 1. The first-order chi connectivity index (χ1) is 15.5. The number of amides is 1. The van der Waals surface area contributed by atoms with Gasteiger partial charge in [-0.3, -0.25) is 4.79 Å². The predicted molar refractivity (Wildman–Crippen MR) is 127 cm³/mol. The molecule has 0 saturated heterocycles. The van der Waals surface area contributed by atoms with E-state index in [9.17, 15) is 21.6 Å². The molecule has 0 aliphatic carbocycles. The van der Waals surface area contributed by atoms with Gasteiger partial charge < -0.3 is 9.88 Å². The van der Waals surface area contributed by atoms with Gasteiger partial charge in [0.25, 0.3) is 0 Å². The van der Waals surface area contributed by atoms with Crippen LogP contribution in [0.5, 0.6) is 0 Å². The molecule has 33 heavy (non-hydrogen) atoms. The summed E-state index contributed by atoms with van der Waals surface area (Å²) in [5.41, 5.74) is 1.58. The average Bonchev–Trinajstić information content (AvgIpc) is 3.14. The second-order valence-corrected chi connectivity index (χ2v) is 12.1. The smallest absolute Gasteiger partial charge is 0.242 e. The summed E-state index contributed by atoms with van der Waals surface area (Å²) >= 11 is 0. The minimum absolute atomic E-state index is 0.0636. The molecule has 0 saturated carbocycles. The van der Waals surface area contributed by atoms with Gasteiger partial charge in [-0.2, -0.15) is 0 Å². The number of anilines is 1. The van der Waals surface area contributed by atoms with Crippen LogP contribution >= 0.6 is 0 Å². The molecule has 0 radical (unpaired) electrons. The Morgan fingerprint density at radius 3 is 2.39 bits per heavy atom. The number of hydrogen-bond donors (Lipinski definition) is 1. The van der Waals surface area contributed by atoms with Gasteiger partial charge in [-0.15, -0.1) is 0 Å². The van der Waals surface area contributed by atoms with Crippen molar-refractivity contribution in [2.45, 2.75) is 43.0 Å². The molecule has 0 unspecified atom stereocenters. The van der Waals surface area contributed by atoms with Gasteiger partial charge in [0.15, 0.2) is 9.84 Å². The Hall–Kier alpha value is -2.76. The number of imidazole rings is 1. The van der Waals surface area contributed by atoms with Crippen LogP contribution in [0.25, 0.3) is 11.0 Å². The highest BCUT2D eigenvalue weighted by Crippen LogP contribution is 2.24. The van der Waals surface area contributed by atoms with Gasteiger partial charge in [0.1, 0.15) is 5.82 Å². The lowest BCUT2D eigenvalue weighted by atomic mass is 10.2. The second kappa shape index (κ2) is 9.62. The number of benzene rings is 2. The number of rotatable bonds is 9. The zero-order valence-corrected chi connectivity index (χ0v) is 20.7. The molecule has 0 aliphatic rings. The first-order valence-corrected chi connectivity index (χ1v) is 13.6. The molecule has 1 heterocycles. The molecule has 11 heteroatoms. The monoisotopic (exact) mass is 492 g/mol. The van der Waals surface area contributed by atoms with Gasteiger partial charge in [-0.05, 0) is 37.3 Å². The number of aryl methyl sites for hydroxylation is 2. The zero-order valence-electron chi connectivity index (χ0n) is 19.1. The third kappa shape index (κ3) is 5.10. The first kappa shape index (κ1) is 24.9. The molecular weight excluding hydrogens is 464 g/mol. The van der Waals surface area contributed by atoms with Crippen molar-refractivity contribution in [3.8, 4) is 0 Å². The third-order valence-corrected chi connectivity index (χ3v) is 8.94. The highest BCUT2D eigenvalue weighted by Gasteiger charge is 2.21. The fraction of sp³-hybridized carbons (Fsp3) is 0.364. The van der Waals surface area contributed by atoms with Gasteiger partial charge in [-0.25, -0.2) is 26.1 Å². The molecule has 0 bridgehead atoms. The van der Waals surface area contributed by atoms with Crippen LogP contribution in [0.15, 0.2) is 52.3 Å². The summed E-state index contributed by atoms with van der Waals surface area (Å²) < 4.78 is 52.6. The number of fused-ring (bicyclic) bond motifs is 1. The van der Waals surface area contributed by atoms with Crippen LogP contribution in [-0.4, -0.2) is 56.4 Å². The zero-order chi connectivity index (χ0) is 24.4. The number of nitrogens with one attached hydrogen (secondary N) is 1. The molecule has 2 aromatic carbocycles. The molecule has 0 atom stereocenters. The lowest BCUT2D eigenvalue weighted by Gasteiger charge is -2.11. The molecule has 3 aromatic rings. The molecular formula is C22H28N4O5S2. The van der Waals surface area contributed by atoms with E-state index in [-0.39, 0.29) is 33.6 Å². The summed E-state index contributed by atoms with van der Waals surface area (Å²) in [5.74, 6) is 0.252. The number of aromatic nitrogens is 2. The number of carbonyl (C=O) groups is 1. The minimum atomic E-state index is -3.59. The Bertz CT molecular complexity index is 1390. The van der Waals surface area contributed by atoms with Crippen LogP contribution < -0.4 is 5.32 Å². The number of sulfonamides is 1. The van der Waals surface area contributed by atoms with E-state index in [0.717, 1.165) is 9.82 Å². The summed E-state index contributed by atoms with van der Waals surface area (Å²) in [6.45, 7) is 4.10. The molecule has 178 valence electrons. The summed E-state index contributed by atoms with van der Waals surface area (Å²) in [7, 11) is -4.12. The molecule has 0 aliphatic heterocycles. The Balaban J connectivity index is 1.83. The molecule has 1 aromatic heterocycles. The maximum Gasteiger partial charge on any atom is 0.242 e. The van der Waals surface area contributed by atoms with E-state index in [1.54, 1.807) is 37.3 Å². The van der Waals surface area contributed by atoms with E-state index in [1.807, 2.05) is 11.5 Å². The van der Waals surface area contributed by atoms with Crippen molar-refractivity contribution in [1.82, 2.24) is 13.9 Å². The van der Waals surface area contributed by atoms with Gasteiger partial charge in [0.2, 0.25) is 15.9 Å². The molecule has 9 nitrogen and oxygen atoms in total. The number of hydrogen-bond acceptors (Lipinski definition) is 6. The summed E-state index contributed by atoms with van der Waals surface area (Å²) in [6, 6.07) is 11.1. The molecule has 1 amide bonds. The Morgan fingerprint density at radius 2 is 1.76 bits per heavy atom. The van der Waals surface area contributed by atoms with Crippen molar-refractivity contribution >= 4 is 42.5 Å². The molecule has 0 spiro atoms. The lowest BCUT2D eigenvalue weighted by molar-refractivity contribution is -0.116. The van der Waals surface area contributed by atoms with Gasteiger partial charge in [0.05, 0.1) is 32.3 Å². The van der Waals surface area contributed by atoms with Crippen LogP contribution in [0.4, 0.5) is 5.69 Å². The topological polar surface area (TPSA) is 118 Å². The van der Waals surface area contributed by atoms with E-state index in [1.165, 1.54) is 26.2 Å². The third-order valence-electron chi connectivity index (χ3n) is 5.35. The van der Waals surface area contributed by atoms with Crippen LogP contribution in [-0.2, 0) is 37.6 Å². The summed E-state index contributed by atoms with van der Waals surface area (Å²) in [4.78, 5) is 17.4. The van der Waals surface area contributed by atoms with Crippen molar-refractivity contribution in [1.29, 1.82) is 0 Å². The van der Waals surface area contributed by atoms with Crippen molar-refractivity contribution in [3.63, 3.8) is 0 Å². The van der Waals surface area contributed by atoms with E-state index < -0.39 is 19.9 Å². The van der Waals surface area contributed by atoms with Gasteiger partial charge in [-0.1, -0.05) is 19.1 Å². The van der Waals surface area contributed by atoms with E-state index >= 15 is 0 Å². The van der Waals surface area contributed by atoms with Crippen molar-refractivity contribution in [2.75, 3.05) is 25.2 Å². The Kier molecular flexibility index (Phi) is 7.25. The largest absolute Gasteiger partial charge is 0.328 e. The molecule has 0 fully saturated rings. The Labute approximate surface area is 194 Å². The average molecular weight is 493 g/mol. The van der Waals surface area contributed by atoms with Crippen molar-refractivity contribution in [3.05, 3.63) is 48.3 Å². The van der Waals surface area contributed by atoms with Crippen LogP contribution in [0, 0.1) is 0 Å². The quantitative estimate of drug-likeness (QED) is 0.491. The second-order valence-electron chi connectivity index (χ2n) is 7.66. The first-order valence-electron chi connectivity index (χ1n) is 10.5. The minimum Gasteiger partial charge on any atom is -0.328 e. The van der Waals surface area contributed by atoms with E-state index in [2.05, 4.69) is 10.3 Å². The molecule has 1 N–H and O–H groups in total. The highest BCUT2D eigenvalue weighted by atomic mass is 32.2. The number of nitrogens with zero attached hydrogens (tertiary/aromatic N) is 3. The van der Waals surface area contributed by atoms with Crippen LogP contribution in [0.3, 0.4) is 0 Å². The fourth-order valence-electron chi connectivity index (χ4n) is 3.51. The number of sulfone groups is 1. The summed E-state index contributed by atoms with van der Waals surface area (Å²) in [5, 5.41) is 2.69. The Morgan fingerprint density at radius 1 is 1.06 bits per heavy atom. The summed E-state index contributed by atoms with van der Waals surface area (Å²) in [6.07, 6.45) is 0.402. The van der Waals surface area contributed by atoms with Gasteiger partial charge >= 0.3 is 0 Å². The van der Waals surface area contributed by atoms with E-state index in [4.69, 9.17) is 0 Å². The van der Waals surface area contributed by atoms with Crippen molar-refractivity contribution in [2.24, 2.45) is 0 Å². The highest BCUT2D eigenvalue weighted by molar-refractivity contribution is 7.91. The SMILES string of the molecule is CCn1c(CCC(=O)Nc2ccccc2S(=O)(=O)CC)nc2cc(S(=O)(=O)N(C)C)ccc21.